The van der Waals surface area contributed by atoms with Crippen LogP contribution in [-0.2, 0) is 0 Å². The zero-order chi connectivity index (χ0) is 16.1. The monoisotopic (exact) mass is 300 g/mol. The topological polar surface area (TPSA) is 69.6 Å². The Morgan fingerprint density at radius 2 is 1.95 bits per heavy atom. The molecule has 1 atom stereocenters. The molecule has 1 unspecified atom stereocenters. The molecule has 6 nitrogen and oxygen atoms in total. The van der Waals surface area contributed by atoms with Gasteiger partial charge in [0.2, 0.25) is 5.95 Å². The average molecular weight is 300 g/mol. The van der Waals surface area contributed by atoms with Crippen LogP contribution in [0.1, 0.15) is 26.3 Å². The van der Waals surface area contributed by atoms with Gasteiger partial charge in [0.1, 0.15) is 0 Å². The van der Waals surface area contributed by atoms with Gasteiger partial charge in [-0.25, -0.2) is 14.8 Å². The lowest BCUT2D eigenvalue weighted by atomic mass is 9.58. The van der Waals surface area contributed by atoms with E-state index in [1.807, 2.05) is 0 Å². The van der Waals surface area contributed by atoms with Crippen molar-refractivity contribution in [1.29, 1.82) is 0 Å². The molecule has 2 aliphatic rings. The summed E-state index contributed by atoms with van der Waals surface area (Å²) in [6, 6.07) is 0.0266. The zero-order valence-corrected chi connectivity index (χ0v) is 13.1. The third-order valence-corrected chi connectivity index (χ3v) is 4.54. The fraction of sp³-hybridized carbons (Fsp3) is 0.562. The molecule has 1 aromatic rings. The Hall–Kier alpha value is -2.29. The molecule has 0 radical (unpaired) electrons. The van der Waals surface area contributed by atoms with Crippen molar-refractivity contribution in [2.45, 2.75) is 26.8 Å². The number of nitrogens with zero attached hydrogens (tertiary/aromatic N) is 4. The van der Waals surface area contributed by atoms with Crippen molar-refractivity contribution in [3.8, 4) is 12.3 Å². The Bertz CT molecular complexity index is 636. The summed E-state index contributed by atoms with van der Waals surface area (Å²) < 4.78 is 0. The van der Waals surface area contributed by atoms with Gasteiger partial charge in [0.05, 0.1) is 11.6 Å². The van der Waals surface area contributed by atoms with E-state index in [0.717, 1.165) is 13.1 Å². The van der Waals surface area contributed by atoms with E-state index in [9.17, 15) is 9.90 Å². The lowest BCUT2D eigenvalue weighted by molar-refractivity contribution is -0.122. The fourth-order valence-electron chi connectivity index (χ4n) is 3.99. The lowest BCUT2D eigenvalue weighted by Gasteiger charge is -2.67. The number of terminal acetylenes is 1. The van der Waals surface area contributed by atoms with Crippen molar-refractivity contribution >= 4 is 12.0 Å². The Morgan fingerprint density at radius 1 is 1.36 bits per heavy atom. The molecule has 22 heavy (non-hydrogen) atoms. The summed E-state index contributed by atoms with van der Waals surface area (Å²) >= 11 is 0. The molecule has 1 aromatic heterocycles. The summed E-state index contributed by atoms with van der Waals surface area (Å²) in [5.74, 6) is 3.16. The average Bonchev–Trinajstić information content (AvgIpc) is 2.34. The quantitative estimate of drug-likeness (QED) is 0.799. The third-order valence-electron chi connectivity index (χ3n) is 4.54. The van der Waals surface area contributed by atoms with E-state index in [4.69, 9.17) is 6.42 Å². The van der Waals surface area contributed by atoms with Crippen LogP contribution >= 0.6 is 0 Å². The van der Waals surface area contributed by atoms with Gasteiger partial charge in [0.15, 0.2) is 0 Å². The fourth-order valence-corrected chi connectivity index (χ4v) is 3.99. The van der Waals surface area contributed by atoms with Crippen molar-refractivity contribution in [1.82, 2.24) is 14.9 Å². The van der Waals surface area contributed by atoms with Gasteiger partial charge in [0.25, 0.3) is 0 Å². The molecule has 0 bridgehead atoms. The second kappa shape index (κ2) is 4.60. The molecule has 2 aliphatic heterocycles. The molecular formula is C16H20N4O2. The van der Waals surface area contributed by atoms with Crippen LogP contribution in [-0.4, -0.2) is 51.7 Å². The Kier molecular flexibility index (Phi) is 3.06. The van der Waals surface area contributed by atoms with Gasteiger partial charge >= 0.3 is 6.09 Å². The Morgan fingerprint density at radius 3 is 2.41 bits per heavy atom. The van der Waals surface area contributed by atoms with Crippen LogP contribution in [0.4, 0.5) is 10.7 Å². The predicted molar refractivity (Wildman–Crippen MR) is 82.6 cm³/mol. The van der Waals surface area contributed by atoms with Crippen LogP contribution in [0.25, 0.3) is 0 Å². The number of rotatable bonds is 1. The first-order valence-corrected chi connectivity index (χ1v) is 7.30. The molecule has 0 saturated carbocycles. The smallest absolute Gasteiger partial charge is 0.407 e. The predicted octanol–water partition coefficient (Wildman–Crippen LogP) is 1.67. The van der Waals surface area contributed by atoms with Crippen LogP contribution in [0.2, 0.25) is 0 Å². The van der Waals surface area contributed by atoms with E-state index in [1.165, 1.54) is 0 Å². The number of hydrogen-bond donors (Lipinski definition) is 1. The standard InChI is InChI=1S/C16H20N4O2/c1-5-11-6-17-13(18-7-11)19-8-16(9-19)10-20(14(21)22)12(16)15(2,3)4/h1,6-7,12H,8-10H2,2-4H3,(H,21,22). The Labute approximate surface area is 130 Å². The summed E-state index contributed by atoms with van der Waals surface area (Å²) in [6.07, 6.45) is 7.74. The van der Waals surface area contributed by atoms with Crippen LogP contribution in [0.3, 0.4) is 0 Å². The summed E-state index contributed by atoms with van der Waals surface area (Å²) in [7, 11) is 0. The van der Waals surface area contributed by atoms with Gasteiger partial charge in [-0.05, 0) is 5.41 Å². The molecule has 0 aromatic carbocycles. The molecule has 2 fully saturated rings. The highest BCUT2D eigenvalue weighted by atomic mass is 16.4. The number of aromatic nitrogens is 2. The van der Waals surface area contributed by atoms with E-state index in [0.29, 0.717) is 18.1 Å². The molecule has 3 heterocycles. The maximum absolute atomic E-state index is 11.4. The van der Waals surface area contributed by atoms with E-state index in [2.05, 4.69) is 41.6 Å². The molecule has 3 rings (SSSR count). The van der Waals surface area contributed by atoms with Crippen molar-refractivity contribution in [2.75, 3.05) is 24.5 Å². The maximum atomic E-state index is 11.4. The lowest BCUT2D eigenvalue weighted by Crippen LogP contribution is -2.81. The molecule has 1 spiro atoms. The first-order chi connectivity index (χ1) is 10.3. The van der Waals surface area contributed by atoms with Crippen LogP contribution in [0.15, 0.2) is 12.4 Å². The summed E-state index contributed by atoms with van der Waals surface area (Å²) in [5.41, 5.74) is 0.592. The SMILES string of the molecule is C#Cc1cnc(N2CC3(C2)CN(C(=O)O)C3C(C)(C)C)nc1. The Balaban J connectivity index is 1.73. The van der Waals surface area contributed by atoms with Crippen LogP contribution in [0.5, 0.6) is 0 Å². The van der Waals surface area contributed by atoms with Crippen molar-refractivity contribution in [3.63, 3.8) is 0 Å². The van der Waals surface area contributed by atoms with Gasteiger partial charge in [-0.3, -0.25) is 0 Å². The highest BCUT2D eigenvalue weighted by molar-refractivity contribution is 5.68. The normalized spacial score (nSPS) is 22.7. The summed E-state index contributed by atoms with van der Waals surface area (Å²) in [6.45, 7) is 8.44. The summed E-state index contributed by atoms with van der Waals surface area (Å²) in [5, 5.41) is 9.33. The number of carboxylic acid groups (broad SMARTS) is 1. The minimum atomic E-state index is -0.835. The second-order valence-corrected chi connectivity index (χ2v) is 7.31. The molecule has 1 amide bonds. The first kappa shape index (κ1) is 14.6. The second-order valence-electron chi connectivity index (χ2n) is 7.31. The number of likely N-dealkylation sites (tertiary alicyclic amines) is 1. The largest absolute Gasteiger partial charge is 0.465 e. The zero-order valence-electron chi connectivity index (χ0n) is 13.1. The highest BCUT2D eigenvalue weighted by Gasteiger charge is 2.64. The molecule has 2 saturated heterocycles. The van der Waals surface area contributed by atoms with Crippen molar-refractivity contribution in [3.05, 3.63) is 18.0 Å². The number of carbonyl (C=O) groups is 1. The van der Waals surface area contributed by atoms with Crippen LogP contribution in [0, 0.1) is 23.2 Å². The van der Waals surface area contributed by atoms with Crippen LogP contribution < -0.4 is 4.90 Å². The van der Waals surface area contributed by atoms with E-state index < -0.39 is 6.09 Å². The molecule has 6 heteroatoms. The van der Waals surface area contributed by atoms with E-state index >= 15 is 0 Å². The van der Waals surface area contributed by atoms with Gasteiger partial charge in [-0.2, -0.15) is 0 Å². The van der Waals surface area contributed by atoms with Crippen molar-refractivity contribution < 1.29 is 9.90 Å². The highest BCUT2D eigenvalue weighted by Crippen LogP contribution is 2.52. The number of amides is 1. The number of hydrogen-bond acceptors (Lipinski definition) is 4. The van der Waals surface area contributed by atoms with E-state index in [1.54, 1.807) is 17.3 Å². The maximum Gasteiger partial charge on any atom is 0.407 e. The van der Waals surface area contributed by atoms with Crippen molar-refractivity contribution in [2.24, 2.45) is 10.8 Å². The van der Waals surface area contributed by atoms with E-state index in [-0.39, 0.29) is 16.9 Å². The van der Waals surface area contributed by atoms with Gasteiger partial charge in [-0.15, -0.1) is 6.42 Å². The molecule has 0 aliphatic carbocycles. The first-order valence-electron chi connectivity index (χ1n) is 7.30. The molecular weight excluding hydrogens is 280 g/mol. The number of anilines is 1. The minimum Gasteiger partial charge on any atom is -0.465 e. The van der Waals surface area contributed by atoms with Gasteiger partial charge in [0, 0.05) is 37.4 Å². The third kappa shape index (κ3) is 2.08. The van der Waals surface area contributed by atoms with Gasteiger partial charge < -0.3 is 14.9 Å². The minimum absolute atomic E-state index is 0.0186. The van der Waals surface area contributed by atoms with Gasteiger partial charge in [-0.1, -0.05) is 26.7 Å². The molecule has 116 valence electrons. The summed E-state index contributed by atoms with van der Waals surface area (Å²) in [4.78, 5) is 23.6. The molecule has 1 N–H and O–H groups in total.